The van der Waals surface area contributed by atoms with Crippen LogP contribution in [-0.4, -0.2) is 88.7 Å². The quantitative estimate of drug-likeness (QED) is 0.344. The third-order valence-corrected chi connectivity index (χ3v) is 9.23. The topological polar surface area (TPSA) is 125 Å². The summed E-state index contributed by atoms with van der Waals surface area (Å²) < 4.78 is 12.1. The van der Waals surface area contributed by atoms with E-state index in [-0.39, 0.29) is 43.3 Å². The molecule has 0 unspecified atom stereocenters. The highest BCUT2D eigenvalue weighted by atomic mass is 16.5. The Labute approximate surface area is 259 Å². The number of esters is 1. The highest BCUT2D eigenvalue weighted by Crippen LogP contribution is 2.56. The molecule has 5 rings (SSSR count). The molecule has 0 saturated carbocycles. The fourth-order valence-electron chi connectivity index (χ4n) is 7.16. The van der Waals surface area contributed by atoms with Crippen molar-refractivity contribution in [2.24, 2.45) is 17.8 Å². The van der Waals surface area contributed by atoms with Crippen molar-refractivity contribution in [3.8, 4) is 0 Å². The number of allylic oxidation sites excluding steroid dienone is 1. The van der Waals surface area contributed by atoms with Gasteiger partial charge in [0.25, 0.3) is 0 Å². The molecule has 44 heavy (non-hydrogen) atoms. The third kappa shape index (κ3) is 6.06. The Hall–Kier alpha value is -3.50. The first-order valence-electron chi connectivity index (χ1n) is 16.0. The van der Waals surface area contributed by atoms with Gasteiger partial charge in [-0.15, -0.1) is 0 Å². The number of amides is 3. The van der Waals surface area contributed by atoms with E-state index in [0.717, 1.165) is 18.4 Å². The van der Waals surface area contributed by atoms with Crippen molar-refractivity contribution >= 4 is 23.7 Å². The van der Waals surface area contributed by atoms with Gasteiger partial charge in [0.2, 0.25) is 17.7 Å². The summed E-state index contributed by atoms with van der Waals surface area (Å²) in [5, 5.41) is 13.6. The Balaban J connectivity index is 1.58. The Bertz CT molecular complexity index is 1280. The zero-order valence-corrected chi connectivity index (χ0v) is 25.9. The summed E-state index contributed by atoms with van der Waals surface area (Å²) in [7, 11) is 0. The number of benzene rings is 1. The van der Waals surface area contributed by atoms with Crippen molar-refractivity contribution in [2.45, 2.75) is 82.7 Å². The van der Waals surface area contributed by atoms with Gasteiger partial charge in [-0.25, -0.2) is 0 Å². The fourth-order valence-corrected chi connectivity index (χ4v) is 7.16. The second-order valence-corrected chi connectivity index (χ2v) is 12.7. The van der Waals surface area contributed by atoms with Crippen LogP contribution in [0.4, 0.5) is 0 Å². The van der Waals surface area contributed by atoms with Gasteiger partial charge in [-0.3, -0.25) is 19.2 Å². The van der Waals surface area contributed by atoms with Gasteiger partial charge < -0.3 is 29.7 Å². The van der Waals surface area contributed by atoms with Crippen molar-refractivity contribution in [1.29, 1.82) is 0 Å². The maximum absolute atomic E-state index is 14.6. The van der Waals surface area contributed by atoms with Crippen LogP contribution in [0.3, 0.4) is 0 Å². The van der Waals surface area contributed by atoms with Gasteiger partial charge in [-0.1, -0.05) is 81.8 Å². The van der Waals surface area contributed by atoms with Crippen molar-refractivity contribution < 1.29 is 33.8 Å². The molecule has 2 fully saturated rings. The molecule has 4 heterocycles. The average molecular weight is 608 g/mol. The summed E-state index contributed by atoms with van der Waals surface area (Å²) in [4.78, 5) is 59.0. The molecule has 4 aliphatic rings. The maximum atomic E-state index is 14.6. The minimum absolute atomic E-state index is 0.0604. The molecule has 5 bridgehead atoms. The summed E-state index contributed by atoms with van der Waals surface area (Å²) in [6.07, 6.45) is 9.37. The highest BCUT2D eigenvalue weighted by molar-refractivity contribution is 6.00. The van der Waals surface area contributed by atoms with E-state index in [2.05, 4.69) is 5.32 Å². The van der Waals surface area contributed by atoms with Gasteiger partial charge >= 0.3 is 5.97 Å². The smallest absolute Gasteiger partial charge is 0.306 e. The monoisotopic (exact) mass is 607 g/mol. The van der Waals surface area contributed by atoms with Gasteiger partial charge in [0, 0.05) is 19.5 Å². The Kier molecular flexibility index (Phi) is 9.90. The molecule has 1 aromatic rings. The zero-order chi connectivity index (χ0) is 31.4. The fraction of sp³-hybridized carbons (Fsp3) is 0.588. The number of likely N-dealkylation sites (tertiary alicyclic amines) is 1. The molecular weight excluding hydrogens is 562 g/mol. The van der Waals surface area contributed by atoms with Gasteiger partial charge in [-0.2, -0.15) is 0 Å². The molecule has 2 saturated heterocycles. The normalized spacial score (nSPS) is 32.2. The lowest BCUT2D eigenvalue weighted by atomic mass is 9.74. The predicted molar refractivity (Wildman–Crippen MR) is 163 cm³/mol. The first kappa shape index (κ1) is 31.9. The third-order valence-electron chi connectivity index (χ3n) is 9.23. The number of aliphatic hydroxyl groups is 1. The number of nitrogens with zero attached hydrogens (tertiary/aromatic N) is 2. The second kappa shape index (κ2) is 13.6. The molecule has 1 spiro atoms. The number of carbonyl (C=O) groups excluding carboxylic acids is 4. The van der Waals surface area contributed by atoms with Crippen molar-refractivity contribution in [3.63, 3.8) is 0 Å². The second-order valence-electron chi connectivity index (χ2n) is 12.7. The first-order chi connectivity index (χ1) is 21.2. The molecule has 4 aliphatic heterocycles. The highest BCUT2D eigenvalue weighted by Gasteiger charge is 2.73. The number of ether oxygens (including phenoxy) is 2. The first-order valence-corrected chi connectivity index (χ1v) is 16.0. The molecule has 0 aromatic heterocycles. The van der Waals surface area contributed by atoms with Crippen LogP contribution in [0.15, 0.2) is 54.6 Å². The molecule has 238 valence electrons. The van der Waals surface area contributed by atoms with E-state index in [1.807, 2.05) is 63.3 Å². The molecule has 10 nitrogen and oxygen atoms in total. The van der Waals surface area contributed by atoms with E-state index < -0.39 is 47.6 Å². The summed E-state index contributed by atoms with van der Waals surface area (Å²) in [5.74, 6) is -3.10. The van der Waals surface area contributed by atoms with Gasteiger partial charge in [0.1, 0.15) is 18.2 Å². The van der Waals surface area contributed by atoms with Crippen LogP contribution in [-0.2, 0) is 28.7 Å². The summed E-state index contributed by atoms with van der Waals surface area (Å²) in [6.45, 7) is 6.48. The van der Waals surface area contributed by atoms with E-state index in [0.29, 0.717) is 25.9 Å². The molecule has 2 N–H and O–H groups in total. The molecular formula is C34H45N3O7. The van der Waals surface area contributed by atoms with Crippen LogP contribution in [0, 0.1) is 17.8 Å². The number of aliphatic hydroxyl groups excluding tert-OH is 1. The molecule has 0 radical (unpaired) electrons. The van der Waals surface area contributed by atoms with Crippen molar-refractivity contribution in [2.75, 3.05) is 26.3 Å². The Morgan fingerprint density at radius 2 is 1.86 bits per heavy atom. The van der Waals surface area contributed by atoms with E-state index in [9.17, 15) is 24.3 Å². The minimum atomic E-state index is -1.33. The Morgan fingerprint density at radius 3 is 2.57 bits per heavy atom. The SMILES string of the molecule is CCCCN1C/C=C\CCC(=O)OC[C@@H](c2ccccc2)NC(=O)[C@@H]2[C@@H]3C=C[C@]4(O3)[C@H](C1=O)N([C@@H](CO)CC(C)C)C(=O)[C@@H]24. The van der Waals surface area contributed by atoms with Gasteiger partial charge in [0.15, 0.2) is 0 Å². The lowest BCUT2D eigenvalue weighted by molar-refractivity contribution is -0.151. The standard InChI is InChI=1S/C34H45N3O7/c1-4-5-17-36-18-11-7-10-14-27(39)43-21-25(23-12-8-6-9-13-23)35-31(40)28-26-15-16-34(44-26)29(28)32(41)37(30(34)33(36)42)24(20-38)19-22(2)3/h6-9,11-13,15-16,22,24-26,28-30,38H,4-5,10,14,17-21H2,1-3H3,(H,35,40)/b11-7-/t24-,25+,26+,28-,29-,30+,34-/m1/s1. The van der Waals surface area contributed by atoms with E-state index >= 15 is 0 Å². The molecule has 0 aliphatic carbocycles. The lowest BCUT2D eigenvalue weighted by Gasteiger charge is -2.39. The predicted octanol–water partition coefficient (Wildman–Crippen LogP) is 2.92. The summed E-state index contributed by atoms with van der Waals surface area (Å²) >= 11 is 0. The minimum Gasteiger partial charge on any atom is -0.463 e. The number of hydrogen-bond acceptors (Lipinski definition) is 7. The van der Waals surface area contributed by atoms with Crippen LogP contribution < -0.4 is 5.32 Å². The number of cyclic esters (lactones) is 1. The van der Waals surface area contributed by atoms with E-state index in [4.69, 9.17) is 9.47 Å². The number of fused-ring (bicyclic) bond motifs is 2. The number of unbranched alkanes of at least 4 members (excludes halogenated alkanes) is 1. The average Bonchev–Trinajstić information content (AvgIpc) is 3.66. The number of nitrogens with one attached hydrogen (secondary N) is 1. The zero-order valence-electron chi connectivity index (χ0n) is 25.9. The van der Waals surface area contributed by atoms with Crippen LogP contribution in [0.5, 0.6) is 0 Å². The van der Waals surface area contributed by atoms with Crippen LogP contribution in [0.1, 0.15) is 64.5 Å². The summed E-state index contributed by atoms with van der Waals surface area (Å²) in [5.41, 5.74) is -0.570. The molecule has 1 aromatic carbocycles. The van der Waals surface area contributed by atoms with E-state index in [1.165, 1.54) is 4.90 Å². The number of rotatable bonds is 8. The lowest BCUT2D eigenvalue weighted by Crippen LogP contribution is -2.58. The molecule has 7 atom stereocenters. The molecule has 3 amide bonds. The number of hydrogen-bond donors (Lipinski definition) is 2. The maximum Gasteiger partial charge on any atom is 0.306 e. The van der Waals surface area contributed by atoms with Gasteiger partial charge in [0.05, 0.1) is 36.6 Å². The molecule has 10 heteroatoms. The number of carbonyl (C=O) groups is 4. The van der Waals surface area contributed by atoms with Crippen LogP contribution in [0.2, 0.25) is 0 Å². The Morgan fingerprint density at radius 1 is 1.09 bits per heavy atom. The van der Waals surface area contributed by atoms with Crippen LogP contribution >= 0.6 is 0 Å². The van der Waals surface area contributed by atoms with E-state index in [1.54, 1.807) is 17.1 Å². The van der Waals surface area contributed by atoms with Crippen molar-refractivity contribution in [1.82, 2.24) is 15.1 Å². The van der Waals surface area contributed by atoms with Crippen molar-refractivity contribution in [3.05, 3.63) is 60.2 Å². The largest absolute Gasteiger partial charge is 0.463 e. The van der Waals surface area contributed by atoms with Crippen LogP contribution in [0.25, 0.3) is 0 Å². The summed E-state index contributed by atoms with van der Waals surface area (Å²) in [6, 6.07) is 6.98. The van der Waals surface area contributed by atoms with Gasteiger partial charge in [-0.05, 0) is 30.7 Å².